The summed E-state index contributed by atoms with van der Waals surface area (Å²) in [4.78, 5) is 13.1. The van der Waals surface area contributed by atoms with Crippen LogP contribution in [0.3, 0.4) is 0 Å². The molecule has 3 aromatic rings. The van der Waals surface area contributed by atoms with Gasteiger partial charge in [0.15, 0.2) is 0 Å². The molecule has 0 bridgehead atoms. The third-order valence-electron chi connectivity index (χ3n) is 5.23. The lowest BCUT2D eigenvalue weighted by atomic mass is 9.95. The number of rotatable bonds is 10. The van der Waals surface area contributed by atoms with Crippen molar-refractivity contribution >= 4 is 23.5 Å². The molecular formula is C27H26F3NO4S. The number of carbonyl (C=O) groups excluding carboxylic acids is 1. The number of hydrogen-bond acceptors (Lipinski definition) is 5. The molecule has 0 aliphatic rings. The van der Waals surface area contributed by atoms with Crippen molar-refractivity contribution in [3.63, 3.8) is 0 Å². The molecule has 36 heavy (non-hydrogen) atoms. The molecule has 0 radical (unpaired) electrons. The van der Waals surface area contributed by atoms with Crippen LogP contribution in [0.15, 0.2) is 71.1 Å². The smallest absolute Gasteiger partial charge is 0.417 e. The minimum Gasteiger partial charge on any atom is -0.591 e. The highest BCUT2D eigenvalue weighted by molar-refractivity contribution is 7.90. The maximum atomic E-state index is 14.2. The first kappa shape index (κ1) is 27.3. The Morgan fingerprint density at radius 1 is 1.08 bits per heavy atom. The van der Waals surface area contributed by atoms with Gasteiger partial charge in [0.25, 0.3) is 0 Å². The SMILES string of the molecule is CCCC[S+]([O-])/N=C\c1cc(OCc2ccccc2)c(C(=O)Oc2ccccc2)c(C)c1C(F)(F)F. The van der Waals surface area contributed by atoms with E-state index in [4.69, 9.17) is 9.47 Å². The summed E-state index contributed by atoms with van der Waals surface area (Å²) in [7, 11) is 0. The quantitative estimate of drug-likeness (QED) is 0.130. The molecule has 0 saturated heterocycles. The van der Waals surface area contributed by atoms with Crippen molar-refractivity contribution in [2.45, 2.75) is 39.5 Å². The van der Waals surface area contributed by atoms with E-state index >= 15 is 0 Å². The third kappa shape index (κ3) is 7.35. The molecular weight excluding hydrogens is 491 g/mol. The van der Waals surface area contributed by atoms with Crippen LogP contribution in [0.5, 0.6) is 11.5 Å². The summed E-state index contributed by atoms with van der Waals surface area (Å²) >= 11 is -1.67. The Bertz CT molecular complexity index is 1190. The highest BCUT2D eigenvalue weighted by Crippen LogP contribution is 2.39. The lowest BCUT2D eigenvalue weighted by molar-refractivity contribution is -0.138. The summed E-state index contributed by atoms with van der Waals surface area (Å²) in [6.45, 7) is 3.11. The Hall–Kier alpha value is -3.30. The number of alkyl halides is 3. The van der Waals surface area contributed by atoms with Crippen LogP contribution in [0, 0.1) is 6.92 Å². The van der Waals surface area contributed by atoms with E-state index in [1.165, 1.54) is 19.1 Å². The van der Waals surface area contributed by atoms with Crippen LogP contribution < -0.4 is 9.47 Å². The van der Waals surface area contributed by atoms with Crippen LogP contribution >= 0.6 is 0 Å². The molecule has 9 heteroatoms. The molecule has 1 atom stereocenters. The first-order valence-electron chi connectivity index (χ1n) is 11.3. The number of para-hydroxylation sites is 1. The zero-order valence-electron chi connectivity index (χ0n) is 19.9. The van der Waals surface area contributed by atoms with Crippen LogP contribution in [-0.2, 0) is 24.1 Å². The second kappa shape index (κ2) is 12.6. The molecule has 0 aromatic heterocycles. The van der Waals surface area contributed by atoms with Gasteiger partial charge in [0.05, 0.1) is 23.1 Å². The van der Waals surface area contributed by atoms with Crippen molar-refractivity contribution in [1.82, 2.24) is 0 Å². The second-order valence-corrected chi connectivity index (χ2v) is 9.19. The van der Waals surface area contributed by atoms with Gasteiger partial charge in [0.2, 0.25) is 0 Å². The van der Waals surface area contributed by atoms with Crippen molar-refractivity contribution in [1.29, 1.82) is 0 Å². The third-order valence-corrected chi connectivity index (χ3v) is 6.21. The van der Waals surface area contributed by atoms with Crippen molar-refractivity contribution in [3.8, 4) is 11.5 Å². The maximum absolute atomic E-state index is 14.2. The fourth-order valence-electron chi connectivity index (χ4n) is 3.48. The van der Waals surface area contributed by atoms with Crippen LogP contribution in [0.2, 0.25) is 0 Å². The summed E-state index contributed by atoms with van der Waals surface area (Å²) in [5, 5.41) is 0. The van der Waals surface area contributed by atoms with Gasteiger partial charge in [0, 0.05) is 5.56 Å². The number of esters is 1. The summed E-state index contributed by atoms with van der Waals surface area (Å²) < 4.78 is 69.6. The molecule has 0 heterocycles. The molecule has 5 nitrogen and oxygen atoms in total. The molecule has 3 aromatic carbocycles. The van der Waals surface area contributed by atoms with Crippen molar-refractivity contribution in [2.24, 2.45) is 4.40 Å². The van der Waals surface area contributed by atoms with Gasteiger partial charge >= 0.3 is 12.1 Å². The number of hydrogen-bond donors (Lipinski definition) is 0. The molecule has 1 unspecified atom stereocenters. The molecule has 0 aliphatic heterocycles. The van der Waals surface area contributed by atoms with Gasteiger partial charge in [-0.25, -0.2) is 4.79 Å². The molecule has 0 aliphatic carbocycles. The van der Waals surface area contributed by atoms with Gasteiger partial charge in [-0.15, -0.1) is 0 Å². The summed E-state index contributed by atoms with van der Waals surface area (Å²) in [5.41, 5.74) is -1.36. The molecule has 0 N–H and O–H groups in total. The van der Waals surface area contributed by atoms with Crippen LogP contribution in [0.1, 0.15) is 52.4 Å². The maximum Gasteiger partial charge on any atom is 0.417 e. The zero-order chi connectivity index (χ0) is 26.1. The van der Waals surface area contributed by atoms with E-state index in [1.54, 1.807) is 42.5 Å². The number of halogens is 3. The Balaban J connectivity index is 2.08. The van der Waals surface area contributed by atoms with Crippen molar-refractivity contribution < 1.29 is 32.0 Å². The predicted octanol–water partition coefficient (Wildman–Crippen LogP) is 6.69. The summed E-state index contributed by atoms with van der Waals surface area (Å²) in [6, 6.07) is 18.1. The van der Waals surface area contributed by atoms with Crippen molar-refractivity contribution in [2.75, 3.05) is 5.75 Å². The largest absolute Gasteiger partial charge is 0.591 e. The van der Waals surface area contributed by atoms with E-state index in [0.717, 1.165) is 24.3 Å². The molecule has 190 valence electrons. The van der Waals surface area contributed by atoms with Gasteiger partial charge in [-0.3, -0.25) is 0 Å². The zero-order valence-corrected chi connectivity index (χ0v) is 20.7. The van der Waals surface area contributed by atoms with Crippen LogP contribution in [0.4, 0.5) is 13.2 Å². The normalized spacial score (nSPS) is 12.5. The summed E-state index contributed by atoms with van der Waals surface area (Å²) in [5.74, 6) is -0.651. The number of ether oxygens (including phenoxy) is 2. The number of unbranched alkanes of at least 4 members (excludes halogenated alkanes) is 1. The average molecular weight is 518 g/mol. The van der Waals surface area contributed by atoms with Gasteiger partial charge < -0.3 is 14.0 Å². The van der Waals surface area contributed by atoms with Gasteiger partial charge in [0.1, 0.15) is 29.4 Å². The molecule has 3 rings (SSSR count). The van der Waals surface area contributed by atoms with Crippen LogP contribution in [-0.4, -0.2) is 22.5 Å². The number of carbonyl (C=O) groups is 1. The Morgan fingerprint density at radius 3 is 2.33 bits per heavy atom. The first-order valence-corrected chi connectivity index (χ1v) is 12.6. The van der Waals surface area contributed by atoms with E-state index in [1.807, 2.05) is 13.0 Å². The van der Waals surface area contributed by atoms with E-state index in [9.17, 15) is 22.5 Å². The van der Waals surface area contributed by atoms with E-state index < -0.39 is 29.1 Å². The van der Waals surface area contributed by atoms with Gasteiger partial charge in [-0.1, -0.05) is 66.3 Å². The van der Waals surface area contributed by atoms with Gasteiger partial charge in [-0.2, -0.15) is 13.2 Å². The number of nitrogens with zero attached hydrogens (tertiary/aromatic N) is 1. The Morgan fingerprint density at radius 2 is 1.72 bits per heavy atom. The predicted molar refractivity (Wildman–Crippen MR) is 134 cm³/mol. The van der Waals surface area contributed by atoms with E-state index in [0.29, 0.717) is 6.42 Å². The highest BCUT2D eigenvalue weighted by atomic mass is 32.2. The molecule has 0 fully saturated rings. The Kier molecular flexibility index (Phi) is 9.55. The standard InChI is InChI=1S/C27H26F3NO4S/c1-3-4-15-36(33)31-17-21-16-23(34-18-20-11-7-5-8-12-20)24(19(2)25(21)27(28,29)30)26(32)35-22-13-9-6-10-14-22/h5-14,16-17H,3-4,15,18H2,1-2H3/b31-17-. The first-order chi connectivity index (χ1) is 17.2. The lowest BCUT2D eigenvalue weighted by Crippen LogP contribution is -2.19. The fourth-order valence-corrected chi connectivity index (χ4v) is 4.35. The molecule has 0 saturated carbocycles. The molecule has 0 amide bonds. The summed E-state index contributed by atoms with van der Waals surface area (Å²) in [6.07, 6.45) is -2.46. The molecule has 0 spiro atoms. The van der Waals surface area contributed by atoms with Gasteiger partial charge in [-0.05, 0) is 42.7 Å². The van der Waals surface area contributed by atoms with Crippen molar-refractivity contribution in [3.05, 3.63) is 94.5 Å². The minimum absolute atomic E-state index is 0.0102. The lowest BCUT2D eigenvalue weighted by Gasteiger charge is -2.20. The van der Waals surface area contributed by atoms with E-state index in [-0.39, 0.29) is 40.5 Å². The minimum atomic E-state index is -4.81. The highest BCUT2D eigenvalue weighted by Gasteiger charge is 2.38. The van der Waals surface area contributed by atoms with Crippen LogP contribution in [0.25, 0.3) is 0 Å². The second-order valence-electron chi connectivity index (χ2n) is 7.93. The van der Waals surface area contributed by atoms with E-state index in [2.05, 4.69) is 4.40 Å². The average Bonchev–Trinajstić information content (AvgIpc) is 2.85. The topological polar surface area (TPSA) is 71.0 Å². The monoisotopic (exact) mass is 517 g/mol. The Labute approximate surface area is 211 Å². The number of benzene rings is 3. The fraction of sp³-hybridized carbons (Fsp3) is 0.259.